The number of nitrogens with zero attached hydrogens (tertiary/aromatic N) is 1. The highest BCUT2D eigenvalue weighted by Gasteiger charge is 1.92. The Morgan fingerprint density at radius 2 is 1.67 bits per heavy atom. The van der Waals surface area contributed by atoms with Gasteiger partial charge in [0.05, 0.1) is 0 Å². The molecule has 0 rings (SSSR count). The molecule has 0 aromatic rings. The average Bonchev–Trinajstić information content (AvgIpc) is 1.36. The molecule has 0 bridgehead atoms. The van der Waals surface area contributed by atoms with Crippen LogP contribution in [0.5, 0.6) is 0 Å². The van der Waals surface area contributed by atoms with Crippen LogP contribution in [0.3, 0.4) is 0 Å². The fourth-order valence-electron chi connectivity index (χ4n) is 0. The van der Waals surface area contributed by atoms with Gasteiger partial charge < -0.3 is 4.49 Å². The Labute approximate surface area is 55.8 Å². The van der Waals surface area contributed by atoms with Gasteiger partial charge in [0.2, 0.25) is 0 Å². The molecule has 0 aromatic carbocycles. The van der Waals surface area contributed by atoms with Crippen LogP contribution in [0, 0.1) is 0 Å². The molecule has 0 aliphatic rings. The van der Waals surface area contributed by atoms with E-state index in [1.807, 2.05) is 0 Å². The van der Waals surface area contributed by atoms with E-state index in [0.717, 1.165) is 0 Å². The smallest absolute Gasteiger partial charge is 0.176 e. The minimum atomic E-state index is 0.144. The highest BCUT2D eigenvalue weighted by molar-refractivity contribution is 14.2. The number of rotatable bonds is 1. The molecule has 0 radical (unpaired) electrons. The van der Waals surface area contributed by atoms with E-state index in [-0.39, 0.29) is 5.59 Å². The quantitative estimate of drug-likeness (QED) is 0.295. The summed E-state index contributed by atoms with van der Waals surface area (Å²) in [6.45, 7) is 0. The molecule has 1 atom stereocenters. The van der Waals surface area contributed by atoms with E-state index in [9.17, 15) is 0 Å². The molecule has 0 spiro atoms. The van der Waals surface area contributed by atoms with Crippen molar-refractivity contribution < 1.29 is 0 Å². The van der Waals surface area contributed by atoms with Crippen molar-refractivity contribution in [1.29, 1.82) is 0 Å². The standard InChI is InChI=1S/B3H6INP/c1-5(2)6(3)4/h1-3H2. The predicted molar refractivity (Wildman–Crippen MR) is 48.4 cm³/mol. The predicted octanol–water partition coefficient (Wildman–Crippen LogP) is -1.32. The highest BCUT2D eigenvalue weighted by atomic mass is 127. The van der Waals surface area contributed by atoms with E-state index in [0.29, 0.717) is 0 Å². The molecule has 6 heteroatoms. The lowest BCUT2D eigenvalue weighted by molar-refractivity contribution is 1.21. The van der Waals surface area contributed by atoms with E-state index in [2.05, 4.69) is 50.1 Å². The minimum Gasteiger partial charge on any atom is -0.374 e. The third-order valence-electron chi connectivity index (χ3n) is 0.551. The van der Waals surface area contributed by atoms with E-state index >= 15 is 0 Å². The zero-order valence-corrected chi connectivity index (χ0v) is 7.32. The Morgan fingerprint density at radius 1 is 1.50 bits per heavy atom. The van der Waals surface area contributed by atoms with Crippen LogP contribution in [0.2, 0.25) is 0 Å². The summed E-state index contributed by atoms with van der Waals surface area (Å²) in [4.78, 5) is 0. The monoisotopic (exact) mass is 211 g/mol. The lowest BCUT2D eigenvalue weighted by Crippen LogP contribution is -2.04. The van der Waals surface area contributed by atoms with Crippen molar-refractivity contribution in [3.63, 3.8) is 0 Å². The van der Waals surface area contributed by atoms with Crippen LogP contribution in [-0.2, 0) is 0 Å². The Bertz CT molecular complexity index is 31.8. The Kier molecular flexibility index (Phi) is 4.06. The van der Waals surface area contributed by atoms with Gasteiger partial charge in [-0.25, -0.2) is 0 Å². The molecular weight excluding hydrogens is 204 g/mol. The van der Waals surface area contributed by atoms with E-state index in [4.69, 9.17) is 0 Å². The van der Waals surface area contributed by atoms with Crippen LogP contribution in [0.4, 0.5) is 0 Å². The Hall–Kier alpha value is 1.31. The van der Waals surface area contributed by atoms with Crippen LogP contribution in [0.25, 0.3) is 0 Å². The lowest BCUT2D eigenvalue weighted by atomic mass is 10.3. The van der Waals surface area contributed by atoms with Gasteiger partial charge in [-0.3, -0.25) is 0 Å². The largest absolute Gasteiger partial charge is 0.374 e. The van der Waals surface area contributed by atoms with Crippen molar-refractivity contribution >= 4 is 51.2 Å². The van der Waals surface area contributed by atoms with Crippen LogP contribution in [-0.4, -0.2) is 28.0 Å². The third kappa shape index (κ3) is 3.50. The maximum atomic E-state index is 2.42. The summed E-state index contributed by atoms with van der Waals surface area (Å²) in [6, 6.07) is 0. The molecule has 0 saturated heterocycles. The molecular formula is H6B3INP. The van der Waals surface area contributed by atoms with E-state index in [1.165, 1.54) is 0 Å². The first-order valence-corrected chi connectivity index (χ1v) is 6.24. The molecule has 1 nitrogen and oxygen atoms in total. The van der Waals surface area contributed by atoms with Crippen LogP contribution in [0.15, 0.2) is 0 Å². The van der Waals surface area contributed by atoms with Crippen molar-refractivity contribution in [1.82, 2.24) is 4.49 Å². The second-order valence-corrected chi connectivity index (χ2v) is 7.17. The SMILES string of the molecule is BN(B)P(B)I. The highest BCUT2D eigenvalue weighted by Crippen LogP contribution is 2.39. The fraction of sp³-hybridized carbons (Fsp3) is 0. The molecule has 6 heavy (non-hydrogen) atoms. The molecule has 0 aromatic heterocycles. The number of hydrogen-bond donors (Lipinski definition) is 0. The summed E-state index contributed by atoms with van der Waals surface area (Å²) in [5.74, 6) is 0. The zero-order chi connectivity index (χ0) is 5.15. The van der Waals surface area contributed by atoms with Crippen molar-refractivity contribution in [2.75, 3.05) is 0 Å². The molecule has 0 amide bonds. The molecule has 0 saturated carbocycles. The topological polar surface area (TPSA) is 3.24 Å². The van der Waals surface area contributed by atoms with Crippen LogP contribution < -0.4 is 0 Å². The van der Waals surface area contributed by atoms with E-state index < -0.39 is 0 Å². The first kappa shape index (κ1) is 7.31. The van der Waals surface area contributed by atoms with Crippen molar-refractivity contribution in [3.8, 4) is 0 Å². The van der Waals surface area contributed by atoms with Gasteiger partial charge in [0, 0.05) is 0 Å². The van der Waals surface area contributed by atoms with Gasteiger partial charge in [0.1, 0.15) is 0 Å². The molecule has 0 aliphatic heterocycles. The zero-order valence-electron chi connectivity index (χ0n) is 4.27. The minimum absolute atomic E-state index is 0.144. The normalized spacial score (nSPS) is 15.0. The summed E-state index contributed by atoms with van der Waals surface area (Å²) in [5.41, 5.74) is 0.144. The van der Waals surface area contributed by atoms with Crippen molar-refractivity contribution in [3.05, 3.63) is 0 Å². The second-order valence-electron chi connectivity index (χ2n) is 1.29. The summed E-state index contributed by atoms with van der Waals surface area (Å²) < 4.78 is 2.22. The van der Waals surface area contributed by atoms with Gasteiger partial charge in [-0.05, 0) is 27.6 Å². The van der Waals surface area contributed by atoms with Gasteiger partial charge in [-0.2, -0.15) is 0 Å². The van der Waals surface area contributed by atoms with Gasteiger partial charge in [-0.15, -0.1) is 0 Å². The number of hydrogen-bond acceptors (Lipinski definition) is 1. The van der Waals surface area contributed by atoms with Gasteiger partial charge in [-0.1, -0.05) is 0 Å². The molecule has 1 unspecified atom stereocenters. The number of halogens is 1. The van der Waals surface area contributed by atoms with Crippen LogP contribution in [0.1, 0.15) is 0 Å². The second kappa shape index (κ2) is 3.33. The van der Waals surface area contributed by atoms with E-state index in [1.54, 1.807) is 0 Å². The molecule has 0 heterocycles. The Morgan fingerprint density at radius 3 is 1.67 bits per heavy atom. The maximum Gasteiger partial charge on any atom is 0.176 e. The molecule has 32 valence electrons. The van der Waals surface area contributed by atoms with Gasteiger partial charge in [0.15, 0.2) is 23.5 Å². The van der Waals surface area contributed by atoms with Gasteiger partial charge >= 0.3 is 0 Å². The summed E-state index contributed by atoms with van der Waals surface area (Å²) in [7, 11) is 6.41. The fourth-order valence-corrected chi connectivity index (χ4v) is 0. The third-order valence-corrected chi connectivity index (χ3v) is 4.24. The first-order valence-electron chi connectivity index (χ1n) is 1.71. The molecule has 0 aliphatic carbocycles. The van der Waals surface area contributed by atoms with Gasteiger partial charge in [0.25, 0.3) is 0 Å². The maximum absolute atomic E-state index is 2.42. The van der Waals surface area contributed by atoms with Crippen LogP contribution >= 0.6 is 27.6 Å². The average molecular weight is 210 g/mol. The summed E-state index contributed by atoms with van der Waals surface area (Å²) >= 11 is 2.42. The first-order chi connectivity index (χ1) is 2.64. The van der Waals surface area contributed by atoms with Crippen molar-refractivity contribution in [2.45, 2.75) is 0 Å². The summed E-state index contributed by atoms with van der Waals surface area (Å²) in [6.07, 6.45) is 0. The molecule has 0 fully saturated rings. The lowest BCUT2D eigenvalue weighted by Gasteiger charge is -2.11. The summed E-state index contributed by atoms with van der Waals surface area (Å²) in [5, 5.41) is 0. The molecule has 0 N–H and O–H groups in total. The van der Waals surface area contributed by atoms with Crippen molar-refractivity contribution in [2.24, 2.45) is 0 Å². The Balaban J connectivity index is 2.99.